The van der Waals surface area contributed by atoms with Gasteiger partial charge in [-0.15, -0.1) is 0 Å². The van der Waals surface area contributed by atoms with E-state index in [4.69, 9.17) is 19.3 Å². The minimum Gasteiger partial charge on any atom is -0.496 e. The average molecular weight is 381 g/mol. The molecule has 7 nitrogen and oxygen atoms in total. The molecule has 0 saturated carbocycles. The van der Waals surface area contributed by atoms with E-state index in [-0.39, 0.29) is 35.1 Å². The van der Waals surface area contributed by atoms with Crippen LogP contribution in [0.2, 0.25) is 0 Å². The molecule has 2 heterocycles. The van der Waals surface area contributed by atoms with Gasteiger partial charge in [0.2, 0.25) is 11.8 Å². The van der Waals surface area contributed by atoms with Crippen molar-refractivity contribution in [2.75, 3.05) is 19.0 Å². The van der Waals surface area contributed by atoms with Crippen LogP contribution in [0.5, 0.6) is 11.6 Å². The van der Waals surface area contributed by atoms with Crippen molar-refractivity contribution in [3.63, 3.8) is 0 Å². The summed E-state index contributed by atoms with van der Waals surface area (Å²) in [5.74, 6) is -0.452. The monoisotopic (exact) mass is 381 g/mol. The molecular weight excluding hydrogens is 356 g/mol. The highest BCUT2D eigenvalue weighted by Crippen LogP contribution is 2.49. The second-order valence-corrected chi connectivity index (χ2v) is 6.31. The summed E-state index contributed by atoms with van der Waals surface area (Å²) in [6.45, 7) is 1.16. The van der Waals surface area contributed by atoms with Crippen molar-refractivity contribution in [2.45, 2.75) is 26.1 Å². The number of allylic oxidation sites excluding steroid dienone is 1. The number of benzene rings is 1. The van der Waals surface area contributed by atoms with Crippen molar-refractivity contribution in [3.05, 3.63) is 58.4 Å². The van der Waals surface area contributed by atoms with Crippen molar-refractivity contribution >= 4 is 11.6 Å². The van der Waals surface area contributed by atoms with Gasteiger partial charge in [-0.25, -0.2) is 4.98 Å². The fourth-order valence-electron chi connectivity index (χ4n) is 3.49. The molecule has 0 unspecified atom stereocenters. The first-order chi connectivity index (χ1) is 14.6. The average Bonchev–Trinajstić information content (AvgIpc) is 2.71. The van der Waals surface area contributed by atoms with Crippen LogP contribution in [0.15, 0.2) is 36.2 Å². The van der Waals surface area contributed by atoms with Crippen LogP contribution in [0.1, 0.15) is 40.2 Å². The maximum Gasteiger partial charge on any atom is 0.236 e. The molecule has 0 bridgehead atoms. The van der Waals surface area contributed by atoms with E-state index in [1.807, 2.05) is 6.07 Å². The molecule has 1 aliphatic heterocycles. The van der Waals surface area contributed by atoms with Crippen LogP contribution >= 0.6 is 0 Å². The molecule has 0 spiro atoms. The van der Waals surface area contributed by atoms with Crippen LogP contribution in [-0.2, 0) is 10.2 Å². The number of fused-ring (bicyclic) bond motifs is 1. The lowest BCUT2D eigenvalue weighted by molar-refractivity contribution is -0.120. The second kappa shape index (κ2) is 7.24. The van der Waals surface area contributed by atoms with Gasteiger partial charge in [-0.05, 0) is 44.5 Å². The number of amides is 1. The molecule has 28 heavy (non-hydrogen) atoms. The molecule has 1 aromatic carbocycles. The number of aromatic nitrogens is 1. The van der Waals surface area contributed by atoms with E-state index in [2.05, 4.69) is 10.3 Å². The summed E-state index contributed by atoms with van der Waals surface area (Å²) < 4.78 is 35.0. The van der Waals surface area contributed by atoms with E-state index in [1.54, 1.807) is 26.0 Å². The van der Waals surface area contributed by atoms with Gasteiger partial charge in [0, 0.05) is 21.6 Å². The Morgan fingerprint density at radius 2 is 2.29 bits per heavy atom. The zero-order chi connectivity index (χ0) is 23.0. The Morgan fingerprint density at radius 1 is 1.50 bits per heavy atom. The molecular formula is C21H22N4O3. The quantitative estimate of drug-likeness (QED) is 0.824. The maximum absolute atomic E-state index is 13.1. The van der Waals surface area contributed by atoms with Gasteiger partial charge >= 0.3 is 0 Å². The van der Waals surface area contributed by atoms with E-state index in [9.17, 15) is 10.1 Å². The minimum atomic E-state index is -2.51. The van der Waals surface area contributed by atoms with Crippen LogP contribution < -0.4 is 20.5 Å². The second-order valence-electron chi connectivity index (χ2n) is 6.31. The first-order valence-electron chi connectivity index (χ1n) is 10.1. The Morgan fingerprint density at radius 3 is 2.89 bits per heavy atom. The number of nitrogens with zero attached hydrogens (tertiary/aromatic N) is 2. The predicted molar refractivity (Wildman–Crippen MR) is 105 cm³/mol. The number of hydrogen-bond acceptors (Lipinski definition) is 6. The van der Waals surface area contributed by atoms with E-state index >= 15 is 0 Å². The number of carbonyl (C=O) groups is 1. The topological polar surface area (TPSA) is 110 Å². The summed E-state index contributed by atoms with van der Waals surface area (Å²) in [6.07, 6.45) is 2.80. The molecule has 1 aromatic heterocycles. The summed E-state index contributed by atoms with van der Waals surface area (Å²) in [7, 11) is 1.41. The number of nitrogens with one attached hydrogen (secondary N) is 1. The highest BCUT2D eigenvalue weighted by Gasteiger charge is 2.47. The van der Waals surface area contributed by atoms with Crippen LogP contribution in [0.25, 0.3) is 0 Å². The number of hydrogen-bond donors (Lipinski definition) is 2. The fourth-order valence-corrected chi connectivity index (χ4v) is 3.49. The first kappa shape index (κ1) is 15.5. The van der Waals surface area contributed by atoms with Gasteiger partial charge in [0.1, 0.15) is 11.2 Å². The third-order valence-corrected chi connectivity index (χ3v) is 4.62. The van der Waals surface area contributed by atoms with Crippen molar-refractivity contribution in [3.8, 4) is 17.7 Å². The number of nitriles is 1. The van der Waals surface area contributed by atoms with Gasteiger partial charge in [0.05, 0.1) is 36.6 Å². The van der Waals surface area contributed by atoms with Gasteiger partial charge in [-0.3, -0.25) is 4.79 Å². The number of ether oxygens (including phenoxy) is 2. The van der Waals surface area contributed by atoms with Crippen LogP contribution in [0.4, 0.5) is 5.69 Å². The normalized spacial score (nSPS) is 19.6. The number of primary amides is 1. The Kier molecular flexibility index (Phi) is 4.01. The molecule has 3 N–H and O–H groups in total. The van der Waals surface area contributed by atoms with Gasteiger partial charge < -0.3 is 20.5 Å². The molecule has 0 fully saturated rings. The first-order valence-corrected chi connectivity index (χ1v) is 8.61. The fraction of sp³-hybridized carbons (Fsp3) is 0.286. The molecule has 0 saturated heterocycles. The van der Waals surface area contributed by atoms with Crippen LogP contribution in [0, 0.1) is 18.2 Å². The van der Waals surface area contributed by atoms with Crippen molar-refractivity contribution in [2.24, 2.45) is 5.73 Å². The minimum absolute atomic E-state index is 0.0726. The van der Waals surface area contributed by atoms with Crippen molar-refractivity contribution in [1.29, 1.82) is 5.26 Å². The molecule has 2 aromatic rings. The molecule has 1 amide bonds. The van der Waals surface area contributed by atoms with E-state index in [1.165, 1.54) is 25.4 Å². The molecule has 3 rings (SSSR count). The van der Waals surface area contributed by atoms with Gasteiger partial charge in [0.15, 0.2) is 0 Å². The standard InChI is InChI=1S/C21H22N4O3/c1-5-28-19-17-18(12(2)11-24-19)25-13(3)9-21(17,20(23)26)15-7-6-14(10-22)8-16(15)27-4/h6-9,11,25H,5H2,1-4H3,(H2,23,26)/t21-/m0/s1/i2D3. The third-order valence-electron chi connectivity index (χ3n) is 4.62. The van der Waals surface area contributed by atoms with Gasteiger partial charge in [0.25, 0.3) is 0 Å². The number of carbonyl (C=O) groups excluding carboxylic acids is 1. The summed E-state index contributed by atoms with van der Waals surface area (Å²) in [5, 5.41) is 12.3. The van der Waals surface area contributed by atoms with Gasteiger partial charge in [-0.1, -0.05) is 6.07 Å². The molecule has 1 aliphatic rings. The maximum atomic E-state index is 13.1. The zero-order valence-corrected chi connectivity index (χ0v) is 15.8. The van der Waals surface area contributed by atoms with E-state index in [0.29, 0.717) is 16.8 Å². The number of rotatable bonds is 5. The molecule has 0 radical (unpaired) electrons. The van der Waals surface area contributed by atoms with Crippen molar-refractivity contribution in [1.82, 2.24) is 4.98 Å². The number of methoxy groups -OCH3 is 1. The summed E-state index contributed by atoms with van der Waals surface area (Å²) in [4.78, 5) is 17.3. The molecule has 1 atom stereocenters. The largest absolute Gasteiger partial charge is 0.496 e. The van der Waals surface area contributed by atoms with Gasteiger partial charge in [-0.2, -0.15) is 5.26 Å². The van der Waals surface area contributed by atoms with E-state index in [0.717, 1.165) is 0 Å². The third kappa shape index (κ3) is 2.83. The highest BCUT2D eigenvalue weighted by molar-refractivity contribution is 5.98. The zero-order valence-electron chi connectivity index (χ0n) is 18.8. The van der Waals surface area contributed by atoms with Crippen molar-refractivity contribution < 1.29 is 18.4 Å². The molecule has 144 valence electrons. The summed E-state index contributed by atoms with van der Waals surface area (Å²) in [6, 6.07) is 6.62. The van der Waals surface area contributed by atoms with Crippen LogP contribution in [-0.4, -0.2) is 24.6 Å². The smallest absolute Gasteiger partial charge is 0.236 e. The molecule has 7 heteroatoms. The van der Waals surface area contributed by atoms with Crippen LogP contribution in [0.3, 0.4) is 0 Å². The lowest BCUT2D eigenvalue weighted by atomic mass is 9.70. The Balaban J connectivity index is 2.51. The Hall–Kier alpha value is -3.53. The summed E-state index contributed by atoms with van der Waals surface area (Å²) in [5.41, 5.74) is 5.80. The highest BCUT2D eigenvalue weighted by atomic mass is 16.5. The number of pyridine rings is 1. The lowest BCUT2D eigenvalue weighted by Gasteiger charge is -2.37. The summed E-state index contributed by atoms with van der Waals surface area (Å²) >= 11 is 0. The SMILES string of the molecule is [2H]C([2H])([2H])c1cnc(OCC)c2c1NC(C)=C[C@]2(C(N)=O)c1ccc(C#N)cc1OC. The number of nitrogens with two attached hydrogens (primary N) is 1. The Labute approximate surface area is 168 Å². The number of aryl methyl sites for hydroxylation is 1. The lowest BCUT2D eigenvalue weighted by Crippen LogP contribution is -2.44. The van der Waals surface area contributed by atoms with E-state index < -0.39 is 18.2 Å². The number of anilines is 1. The Bertz CT molecular complexity index is 1120. The predicted octanol–water partition coefficient (Wildman–Crippen LogP) is 2.77. The molecule has 0 aliphatic carbocycles.